The molecule has 0 atom stereocenters. The Morgan fingerprint density at radius 3 is 1.41 bits per heavy atom. The summed E-state index contributed by atoms with van der Waals surface area (Å²) < 4.78 is 3.55. The molecule has 0 aliphatic carbocycles. The number of benzene rings is 2. The molecule has 0 aliphatic rings. The standard InChI is InChI=1S/C14H8I4N2O2/c15-9-1-7(13(21)11(17)3-9)5-19-20-6-8-2-10(16)4-12(18)14(8)22/h1-6,21-22H. The second-order valence-corrected chi connectivity index (χ2v) is 8.96. The van der Waals surface area contributed by atoms with Crippen LogP contribution in [0.1, 0.15) is 11.1 Å². The highest BCUT2D eigenvalue weighted by Gasteiger charge is 2.06. The van der Waals surface area contributed by atoms with Crippen molar-refractivity contribution in [1.82, 2.24) is 0 Å². The third-order valence-corrected chi connectivity index (χ3v) is 5.47. The van der Waals surface area contributed by atoms with E-state index in [4.69, 9.17) is 0 Å². The van der Waals surface area contributed by atoms with Gasteiger partial charge >= 0.3 is 0 Å². The van der Waals surface area contributed by atoms with Gasteiger partial charge in [-0.15, -0.1) is 0 Å². The monoisotopic (exact) mass is 744 g/mol. The molecule has 2 N–H and O–H groups in total. The topological polar surface area (TPSA) is 65.2 Å². The van der Waals surface area contributed by atoms with Gasteiger partial charge in [-0.25, -0.2) is 0 Å². The molecule has 0 fully saturated rings. The van der Waals surface area contributed by atoms with E-state index in [1.807, 2.05) is 24.3 Å². The van der Waals surface area contributed by atoms with Crippen LogP contribution in [-0.2, 0) is 0 Å². The zero-order valence-corrected chi connectivity index (χ0v) is 19.4. The fourth-order valence-corrected chi connectivity index (χ4v) is 5.34. The van der Waals surface area contributed by atoms with Gasteiger partial charge in [0.15, 0.2) is 0 Å². The molecule has 0 radical (unpaired) electrons. The summed E-state index contributed by atoms with van der Waals surface area (Å²) in [5.74, 6) is 0.373. The van der Waals surface area contributed by atoms with Gasteiger partial charge in [-0.2, -0.15) is 10.2 Å². The molecule has 4 nitrogen and oxygen atoms in total. The highest BCUT2D eigenvalue weighted by molar-refractivity contribution is 14.1. The molecular weight excluding hydrogens is 736 g/mol. The van der Waals surface area contributed by atoms with Crippen LogP contribution in [-0.4, -0.2) is 22.6 Å². The zero-order valence-electron chi connectivity index (χ0n) is 10.8. The van der Waals surface area contributed by atoms with Crippen molar-refractivity contribution in [3.8, 4) is 11.5 Å². The Morgan fingerprint density at radius 1 is 0.682 bits per heavy atom. The molecule has 0 saturated heterocycles. The summed E-state index contributed by atoms with van der Waals surface area (Å²) in [6.07, 6.45) is 2.98. The van der Waals surface area contributed by atoms with Crippen LogP contribution in [0.4, 0.5) is 0 Å². The van der Waals surface area contributed by atoms with E-state index in [9.17, 15) is 10.2 Å². The molecular formula is C14H8I4N2O2. The molecule has 0 saturated carbocycles. The summed E-state index contributed by atoms with van der Waals surface area (Å²) in [5, 5.41) is 27.8. The minimum Gasteiger partial charge on any atom is -0.506 e. The van der Waals surface area contributed by atoms with E-state index in [2.05, 4.69) is 101 Å². The maximum Gasteiger partial charge on any atom is 0.137 e. The Kier molecular flexibility index (Phi) is 7.13. The van der Waals surface area contributed by atoms with Crippen LogP contribution < -0.4 is 0 Å². The van der Waals surface area contributed by atoms with Gasteiger partial charge in [-0.1, -0.05) is 0 Å². The summed E-state index contributed by atoms with van der Waals surface area (Å²) in [4.78, 5) is 0. The maximum absolute atomic E-state index is 9.96. The minimum absolute atomic E-state index is 0.187. The fourth-order valence-electron chi connectivity index (χ4n) is 1.56. The van der Waals surface area contributed by atoms with E-state index < -0.39 is 0 Å². The van der Waals surface area contributed by atoms with Crippen molar-refractivity contribution in [2.75, 3.05) is 0 Å². The van der Waals surface area contributed by atoms with Gasteiger partial charge in [-0.3, -0.25) is 0 Å². The molecule has 0 unspecified atom stereocenters. The van der Waals surface area contributed by atoms with E-state index in [1.165, 1.54) is 12.4 Å². The van der Waals surface area contributed by atoms with Crippen molar-refractivity contribution in [3.05, 3.63) is 49.7 Å². The number of phenols is 2. The van der Waals surface area contributed by atoms with Crippen molar-refractivity contribution in [3.63, 3.8) is 0 Å². The van der Waals surface area contributed by atoms with Gasteiger partial charge in [0.1, 0.15) is 11.5 Å². The van der Waals surface area contributed by atoms with Gasteiger partial charge < -0.3 is 10.2 Å². The molecule has 2 aromatic carbocycles. The second-order valence-electron chi connectivity index (χ2n) is 4.14. The average Bonchev–Trinajstić information content (AvgIpc) is 2.44. The van der Waals surface area contributed by atoms with Crippen LogP contribution in [0.3, 0.4) is 0 Å². The van der Waals surface area contributed by atoms with Crippen LogP contribution in [0.2, 0.25) is 0 Å². The summed E-state index contributed by atoms with van der Waals surface area (Å²) in [6, 6.07) is 7.40. The van der Waals surface area contributed by atoms with Gasteiger partial charge in [0.05, 0.1) is 19.6 Å². The zero-order chi connectivity index (χ0) is 16.3. The van der Waals surface area contributed by atoms with Crippen molar-refractivity contribution >= 4 is 103 Å². The number of halogens is 4. The summed E-state index contributed by atoms with van der Waals surface area (Å²) >= 11 is 8.49. The lowest BCUT2D eigenvalue weighted by molar-refractivity contribution is 0.470. The lowest BCUT2D eigenvalue weighted by Gasteiger charge is -2.02. The molecule has 0 aliphatic heterocycles. The van der Waals surface area contributed by atoms with E-state index in [1.54, 1.807) is 0 Å². The summed E-state index contributed by atoms with van der Waals surface area (Å²) in [5.41, 5.74) is 1.21. The fraction of sp³-hybridized carbons (Fsp3) is 0. The van der Waals surface area contributed by atoms with Crippen molar-refractivity contribution in [2.45, 2.75) is 0 Å². The van der Waals surface area contributed by atoms with Gasteiger partial charge in [0.2, 0.25) is 0 Å². The Hall–Kier alpha value is 0.300. The Balaban J connectivity index is 2.23. The molecule has 22 heavy (non-hydrogen) atoms. The SMILES string of the molecule is Oc1c(I)cc(I)cc1C=NN=Cc1cc(I)cc(I)c1O. The molecule has 0 heterocycles. The van der Waals surface area contributed by atoms with Gasteiger partial charge in [-0.05, 0) is 115 Å². The molecule has 0 aromatic heterocycles. The van der Waals surface area contributed by atoms with Crippen molar-refractivity contribution < 1.29 is 10.2 Å². The number of aromatic hydroxyl groups is 2. The highest BCUT2D eigenvalue weighted by atomic mass is 127. The normalized spacial score (nSPS) is 11.6. The summed E-state index contributed by atoms with van der Waals surface area (Å²) in [6.45, 7) is 0. The Bertz CT molecular complexity index is 710. The smallest absolute Gasteiger partial charge is 0.137 e. The van der Waals surface area contributed by atoms with Crippen LogP contribution in [0.25, 0.3) is 0 Å². The summed E-state index contributed by atoms with van der Waals surface area (Å²) in [7, 11) is 0. The second kappa shape index (κ2) is 8.41. The average molecular weight is 744 g/mol. The molecule has 0 bridgehead atoms. The first-order valence-electron chi connectivity index (χ1n) is 5.81. The lowest BCUT2D eigenvalue weighted by atomic mass is 10.2. The molecule has 2 rings (SSSR count). The predicted octanol–water partition coefficient (Wildman–Crippen LogP) is 4.97. The lowest BCUT2D eigenvalue weighted by Crippen LogP contribution is -1.89. The Morgan fingerprint density at radius 2 is 1.05 bits per heavy atom. The maximum atomic E-state index is 9.96. The van der Waals surface area contributed by atoms with Crippen LogP contribution in [0.5, 0.6) is 11.5 Å². The van der Waals surface area contributed by atoms with Gasteiger partial charge in [0.25, 0.3) is 0 Å². The van der Waals surface area contributed by atoms with Crippen molar-refractivity contribution in [1.29, 1.82) is 0 Å². The predicted molar refractivity (Wildman–Crippen MR) is 122 cm³/mol. The minimum atomic E-state index is 0.187. The number of rotatable bonds is 3. The number of phenolic OH excluding ortho intramolecular Hbond substituents is 2. The van der Waals surface area contributed by atoms with E-state index in [0.717, 1.165) is 14.3 Å². The first-order valence-corrected chi connectivity index (χ1v) is 10.1. The number of hydrogen-bond donors (Lipinski definition) is 2. The number of hydrogen-bond acceptors (Lipinski definition) is 4. The molecule has 0 spiro atoms. The van der Waals surface area contributed by atoms with Crippen molar-refractivity contribution in [2.24, 2.45) is 10.2 Å². The quantitative estimate of drug-likeness (QED) is 0.265. The molecule has 8 heteroatoms. The van der Waals surface area contributed by atoms with Crippen LogP contribution >= 0.6 is 90.4 Å². The highest BCUT2D eigenvalue weighted by Crippen LogP contribution is 2.26. The number of nitrogens with zero attached hydrogens (tertiary/aromatic N) is 2. The van der Waals surface area contributed by atoms with Crippen LogP contribution in [0.15, 0.2) is 34.5 Å². The third-order valence-electron chi connectivity index (χ3n) is 2.58. The first kappa shape index (κ1) is 18.6. The molecule has 114 valence electrons. The van der Waals surface area contributed by atoms with Crippen LogP contribution in [0, 0.1) is 14.3 Å². The van der Waals surface area contributed by atoms with E-state index in [-0.39, 0.29) is 11.5 Å². The van der Waals surface area contributed by atoms with E-state index >= 15 is 0 Å². The molecule has 2 aromatic rings. The van der Waals surface area contributed by atoms with Gasteiger partial charge in [0, 0.05) is 18.3 Å². The largest absolute Gasteiger partial charge is 0.506 e. The molecule has 0 amide bonds. The third kappa shape index (κ3) is 4.90. The Labute approximate surface area is 182 Å². The first-order chi connectivity index (χ1) is 10.4. The van der Waals surface area contributed by atoms with E-state index in [0.29, 0.717) is 11.1 Å².